The smallest absolute Gasteiger partial charge is 0.320 e. The summed E-state index contributed by atoms with van der Waals surface area (Å²) in [5.41, 5.74) is -0.349. The summed E-state index contributed by atoms with van der Waals surface area (Å²) in [6, 6.07) is 0.227. The summed E-state index contributed by atoms with van der Waals surface area (Å²) in [6.45, 7) is 17.5. The van der Waals surface area contributed by atoms with Crippen molar-refractivity contribution in [3.63, 3.8) is 0 Å². The SMILES string of the molecule is CC1(C)CC(OC(=O)CN(CC(=O)OC2CC(C)(C)NC(C)(C)C2)C2CCCCC2)CC(C)(C)N1. The molecule has 0 amide bonds. The van der Waals surface area contributed by atoms with Gasteiger partial charge in [0, 0.05) is 53.9 Å². The maximum absolute atomic E-state index is 13.1. The minimum Gasteiger partial charge on any atom is -0.461 e. The van der Waals surface area contributed by atoms with Gasteiger partial charge in [0.1, 0.15) is 12.2 Å². The first-order valence-electron chi connectivity index (χ1n) is 13.7. The van der Waals surface area contributed by atoms with Crippen LogP contribution >= 0.6 is 0 Å². The van der Waals surface area contributed by atoms with E-state index in [-0.39, 0.29) is 65.4 Å². The summed E-state index contributed by atoms with van der Waals surface area (Å²) < 4.78 is 12.0. The molecule has 3 fully saturated rings. The quantitative estimate of drug-likeness (QED) is 0.511. The summed E-state index contributed by atoms with van der Waals surface area (Å²) >= 11 is 0. The first-order valence-corrected chi connectivity index (χ1v) is 13.7. The van der Waals surface area contributed by atoms with E-state index in [9.17, 15) is 9.59 Å². The van der Waals surface area contributed by atoms with Gasteiger partial charge in [-0.1, -0.05) is 19.3 Å². The van der Waals surface area contributed by atoms with Crippen molar-refractivity contribution in [2.45, 2.75) is 154 Å². The van der Waals surface area contributed by atoms with E-state index in [2.05, 4.69) is 66.0 Å². The van der Waals surface area contributed by atoms with Crippen molar-refractivity contribution in [2.75, 3.05) is 13.1 Å². The lowest BCUT2D eigenvalue weighted by Gasteiger charge is -2.46. The van der Waals surface area contributed by atoms with E-state index in [1.54, 1.807) is 0 Å². The molecule has 1 saturated carbocycles. The van der Waals surface area contributed by atoms with Gasteiger partial charge in [0.05, 0.1) is 13.1 Å². The summed E-state index contributed by atoms with van der Waals surface area (Å²) in [5, 5.41) is 7.27. The number of nitrogens with zero attached hydrogens (tertiary/aromatic N) is 1. The maximum atomic E-state index is 13.1. The average molecular weight is 494 g/mol. The van der Waals surface area contributed by atoms with Crippen LogP contribution in [0.3, 0.4) is 0 Å². The van der Waals surface area contributed by atoms with Crippen molar-refractivity contribution < 1.29 is 19.1 Å². The number of ether oxygens (including phenoxy) is 2. The van der Waals surface area contributed by atoms with Crippen LogP contribution in [0.25, 0.3) is 0 Å². The lowest BCUT2D eigenvalue weighted by atomic mass is 9.81. The minimum absolute atomic E-state index is 0.0873. The zero-order valence-electron chi connectivity index (χ0n) is 23.6. The Balaban J connectivity index is 1.61. The number of carbonyl (C=O) groups is 2. The second kappa shape index (κ2) is 10.7. The summed E-state index contributed by atoms with van der Waals surface area (Å²) in [7, 11) is 0. The predicted molar refractivity (Wildman–Crippen MR) is 139 cm³/mol. The molecule has 2 heterocycles. The first kappa shape index (κ1) is 28.4. The Morgan fingerprint density at radius 1 is 0.657 bits per heavy atom. The minimum atomic E-state index is -0.231. The van der Waals surface area contributed by atoms with E-state index in [1.807, 2.05) is 4.90 Å². The molecule has 2 N–H and O–H groups in total. The normalized spacial score (nSPS) is 26.9. The van der Waals surface area contributed by atoms with Crippen LogP contribution in [0.4, 0.5) is 0 Å². The largest absolute Gasteiger partial charge is 0.461 e. The molecule has 7 nitrogen and oxygen atoms in total. The van der Waals surface area contributed by atoms with Crippen molar-refractivity contribution in [3.05, 3.63) is 0 Å². The number of hydrogen-bond acceptors (Lipinski definition) is 7. The molecule has 0 spiro atoms. The van der Waals surface area contributed by atoms with Crippen LogP contribution in [-0.2, 0) is 19.1 Å². The second-order valence-electron chi connectivity index (χ2n) is 14.0. The second-order valence-corrected chi connectivity index (χ2v) is 14.0. The molecule has 3 aliphatic rings. The molecule has 0 radical (unpaired) electrons. The van der Waals surface area contributed by atoms with Gasteiger partial charge in [0.15, 0.2) is 0 Å². The molecule has 3 rings (SSSR count). The fourth-order valence-electron chi connectivity index (χ4n) is 7.16. The third kappa shape index (κ3) is 9.01. The molecule has 0 aromatic carbocycles. The van der Waals surface area contributed by atoms with E-state index in [0.29, 0.717) is 0 Å². The van der Waals surface area contributed by atoms with E-state index in [0.717, 1.165) is 51.4 Å². The van der Waals surface area contributed by atoms with Gasteiger partial charge in [-0.25, -0.2) is 0 Å². The third-order valence-electron chi connectivity index (χ3n) is 7.66. The molecule has 0 atom stereocenters. The van der Waals surface area contributed by atoms with Gasteiger partial charge in [-0.3, -0.25) is 14.5 Å². The lowest BCUT2D eigenvalue weighted by molar-refractivity contribution is -0.159. The molecule has 0 bridgehead atoms. The van der Waals surface area contributed by atoms with E-state index >= 15 is 0 Å². The average Bonchev–Trinajstić information content (AvgIpc) is 2.62. The molecule has 7 heteroatoms. The Morgan fingerprint density at radius 2 is 1.00 bits per heavy atom. The van der Waals surface area contributed by atoms with Gasteiger partial charge >= 0.3 is 11.9 Å². The van der Waals surface area contributed by atoms with Gasteiger partial charge in [0.25, 0.3) is 0 Å². The molecule has 0 unspecified atom stereocenters. The number of nitrogens with one attached hydrogen (secondary N) is 2. The van der Waals surface area contributed by atoms with Crippen LogP contribution in [0.1, 0.15) is 113 Å². The van der Waals surface area contributed by atoms with Crippen LogP contribution in [0.2, 0.25) is 0 Å². The summed E-state index contributed by atoms with van der Waals surface area (Å²) in [4.78, 5) is 28.2. The van der Waals surface area contributed by atoms with Gasteiger partial charge in [-0.2, -0.15) is 0 Å². The van der Waals surface area contributed by atoms with Gasteiger partial charge in [0.2, 0.25) is 0 Å². The number of carbonyl (C=O) groups excluding carboxylic acids is 2. The molecular formula is C28H51N3O4. The van der Waals surface area contributed by atoms with Crippen molar-refractivity contribution in [1.82, 2.24) is 15.5 Å². The van der Waals surface area contributed by atoms with E-state index in [1.165, 1.54) is 6.42 Å². The monoisotopic (exact) mass is 493 g/mol. The molecular weight excluding hydrogens is 442 g/mol. The van der Waals surface area contributed by atoms with Crippen LogP contribution in [0.5, 0.6) is 0 Å². The van der Waals surface area contributed by atoms with Crippen molar-refractivity contribution in [1.29, 1.82) is 0 Å². The fourth-order valence-corrected chi connectivity index (χ4v) is 7.16. The molecule has 2 aliphatic heterocycles. The maximum Gasteiger partial charge on any atom is 0.320 e. The topological polar surface area (TPSA) is 79.9 Å². The van der Waals surface area contributed by atoms with Crippen LogP contribution in [0, 0.1) is 0 Å². The van der Waals surface area contributed by atoms with Crippen molar-refractivity contribution in [2.24, 2.45) is 0 Å². The Kier molecular flexibility index (Phi) is 8.65. The van der Waals surface area contributed by atoms with Gasteiger partial charge in [-0.05, 0) is 68.2 Å². The Morgan fingerprint density at radius 3 is 1.34 bits per heavy atom. The first-order chi connectivity index (χ1) is 16.0. The highest BCUT2D eigenvalue weighted by atomic mass is 16.6. The Hall–Kier alpha value is -1.18. The zero-order valence-corrected chi connectivity index (χ0v) is 23.6. The van der Waals surface area contributed by atoms with E-state index in [4.69, 9.17) is 9.47 Å². The van der Waals surface area contributed by atoms with Gasteiger partial charge < -0.3 is 20.1 Å². The van der Waals surface area contributed by atoms with Crippen LogP contribution < -0.4 is 10.6 Å². The highest BCUT2D eigenvalue weighted by Crippen LogP contribution is 2.32. The van der Waals surface area contributed by atoms with Crippen LogP contribution in [-0.4, -0.2) is 70.3 Å². The van der Waals surface area contributed by atoms with Crippen molar-refractivity contribution in [3.8, 4) is 0 Å². The predicted octanol–water partition coefficient (Wildman–Crippen LogP) is 4.33. The molecule has 35 heavy (non-hydrogen) atoms. The number of hydrogen-bond donors (Lipinski definition) is 2. The lowest BCUT2D eigenvalue weighted by Crippen LogP contribution is -2.60. The standard InChI is InChI=1S/C28H51N3O4/c1-25(2)14-21(15-26(3,4)29-25)34-23(32)18-31(20-12-10-9-11-13-20)19-24(33)35-22-16-27(5,6)30-28(7,8)17-22/h20-22,29-30H,9-19H2,1-8H3. The zero-order chi connectivity index (χ0) is 26.1. The molecule has 2 saturated heterocycles. The molecule has 0 aromatic rings. The highest BCUT2D eigenvalue weighted by molar-refractivity contribution is 5.75. The Bertz CT molecular complexity index is 669. The fraction of sp³-hybridized carbons (Fsp3) is 0.929. The van der Waals surface area contributed by atoms with Crippen LogP contribution in [0.15, 0.2) is 0 Å². The Labute approximate surface area is 213 Å². The molecule has 202 valence electrons. The van der Waals surface area contributed by atoms with Crippen molar-refractivity contribution >= 4 is 11.9 Å². The summed E-state index contributed by atoms with van der Waals surface area (Å²) in [6.07, 6.45) is 8.44. The number of rotatable bonds is 7. The van der Waals surface area contributed by atoms with Gasteiger partial charge in [-0.15, -0.1) is 0 Å². The highest BCUT2D eigenvalue weighted by Gasteiger charge is 2.41. The molecule has 1 aliphatic carbocycles. The summed E-state index contributed by atoms with van der Waals surface area (Å²) in [5.74, 6) is -0.461. The molecule has 0 aromatic heterocycles. The number of piperidine rings is 2. The third-order valence-corrected chi connectivity index (χ3v) is 7.66. The van der Waals surface area contributed by atoms with E-state index < -0.39 is 0 Å². The number of esters is 2.